The Labute approximate surface area is 166 Å². The molecule has 2 N–H and O–H groups in total. The summed E-state index contributed by atoms with van der Waals surface area (Å²) in [6, 6.07) is 5.30. The summed E-state index contributed by atoms with van der Waals surface area (Å²) in [6.07, 6.45) is 2.31. The highest BCUT2D eigenvalue weighted by Gasteiger charge is 2.44. The number of fused-ring (bicyclic) bond motifs is 1. The van der Waals surface area contributed by atoms with E-state index < -0.39 is 23.9 Å². The van der Waals surface area contributed by atoms with Gasteiger partial charge in [0.1, 0.15) is 0 Å². The van der Waals surface area contributed by atoms with Gasteiger partial charge in [-0.15, -0.1) is 0 Å². The highest BCUT2D eigenvalue weighted by Crippen LogP contribution is 2.39. The molecule has 8 heteroatoms. The summed E-state index contributed by atoms with van der Waals surface area (Å²) < 4.78 is 34.7. The molecule has 0 spiro atoms. The third-order valence-electron chi connectivity index (χ3n) is 5.71. The number of amides is 1. The number of nitrogens with one attached hydrogen (secondary N) is 1. The summed E-state index contributed by atoms with van der Waals surface area (Å²) >= 11 is 6.36. The molecule has 1 amide bonds. The van der Waals surface area contributed by atoms with Crippen molar-refractivity contribution in [1.29, 1.82) is 0 Å². The lowest BCUT2D eigenvalue weighted by Crippen LogP contribution is -2.49. The molecule has 1 saturated heterocycles. The van der Waals surface area contributed by atoms with Crippen LogP contribution in [0.15, 0.2) is 24.4 Å². The van der Waals surface area contributed by atoms with E-state index in [9.17, 15) is 18.7 Å². The van der Waals surface area contributed by atoms with Gasteiger partial charge in [-0.25, -0.2) is 8.78 Å². The van der Waals surface area contributed by atoms with E-state index in [-0.39, 0.29) is 31.7 Å². The van der Waals surface area contributed by atoms with Crippen LogP contribution in [0.1, 0.15) is 54.1 Å². The fourth-order valence-electron chi connectivity index (χ4n) is 4.32. The maximum absolute atomic E-state index is 13.7. The first-order valence-corrected chi connectivity index (χ1v) is 9.91. The van der Waals surface area contributed by atoms with Gasteiger partial charge in [0, 0.05) is 43.8 Å². The molecule has 1 saturated carbocycles. The van der Waals surface area contributed by atoms with E-state index in [4.69, 9.17) is 16.3 Å². The van der Waals surface area contributed by atoms with Gasteiger partial charge in [-0.1, -0.05) is 11.6 Å². The standard InChI is InChI=1S/C20H23ClF2N2O3/c21-15-3-1-7-25-16(13-4-8-28-10-13)9-14(17(15)25)18(26)24-12-19(27)5-2-6-20(22,23)11-19/h1,3,7,9,13,27H,2,4-6,8,10-12H2,(H,24,26). The Morgan fingerprint density at radius 3 is 2.96 bits per heavy atom. The zero-order chi connectivity index (χ0) is 19.9. The average molecular weight is 413 g/mol. The third-order valence-corrected chi connectivity index (χ3v) is 6.02. The lowest BCUT2D eigenvalue weighted by molar-refractivity contribution is -0.121. The van der Waals surface area contributed by atoms with E-state index in [0.29, 0.717) is 29.3 Å². The van der Waals surface area contributed by atoms with Crippen molar-refractivity contribution >= 4 is 23.0 Å². The minimum Gasteiger partial charge on any atom is -0.388 e. The molecule has 2 atom stereocenters. The summed E-state index contributed by atoms with van der Waals surface area (Å²) in [6.45, 7) is 1.03. The van der Waals surface area contributed by atoms with Crippen LogP contribution in [-0.2, 0) is 4.74 Å². The van der Waals surface area contributed by atoms with E-state index in [2.05, 4.69) is 5.32 Å². The first kappa shape index (κ1) is 19.6. The van der Waals surface area contributed by atoms with E-state index in [1.54, 1.807) is 12.1 Å². The number of ether oxygens (including phenoxy) is 1. The summed E-state index contributed by atoms with van der Waals surface area (Å²) in [7, 11) is 0. The smallest absolute Gasteiger partial charge is 0.253 e. The number of alkyl halides is 2. The predicted molar refractivity (Wildman–Crippen MR) is 101 cm³/mol. The zero-order valence-corrected chi connectivity index (χ0v) is 16.1. The van der Waals surface area contributed by atoms with Crippen LogP contribution in [0.25, 0.3) is 5.52 Å². The number of hydrogen-bond donors (Lipinski definition) is 2. The molecule has 5 nitrogen and oxygen atoms in total. The van der Waals surface area contributed by atoms with E-state index in [1.165, 1.54) is 0 Å². The average Bonchev–Trinajstić information content (AvgIpc) is 3.26. The fourth-order valence-corrected chi connectivity index (χ4v) is 4.59. The molecule has 152 valence electrons. The molecular weight excluding hydrogens is 390 g/mol. The second-order valence-corrected chi connectivity index (χ2v) is 8.32. The van der Waals surface area contributed by atoms with Crippen molar-refractivity contribution in [2.24, 2.45) is 0 Å². The van der Waals surface area contributed by atoms with Gasteiger partial charge in [-0.3, -0.25) is 4.79 Å². The molecule has 4 rings (SSSR count). The largest absolute Gasteiger partial charge is 0.388 e. The molecule has 28 heavy (non-hydrogen) atoms. The Hall–Kier alpha value is -1.70. The number of halogens is 3. The van der Waals surface area contributed by atoms with Crippen molar-refractivity contribution in [3.8, 4) is 0 Å². The number of carbonyl (C=O) groups excluding carboxylic acids is 1. The number of carbonyl (C=O) groups is 1. The van der Waals surface area contributed by atoms with Crippen molar-refractivity contribution in [3.63, 3.8) is 0 Å². The summed E-state index contributed by atoms with van der Waals surface area (Å²) in [5, 5.41) is 13.6. The minimum absolute atomic E-state index is 0.161. The lowest BCUT2D eigenvalue weighted by Gasteiger charge is -2.36. The Morgan fingerprint density at radius 1 is 1.43 bits per heavy atom. The van der Waals surface area contributed by atoms with Gasteiger partial charge in [0.25, 0.3) is 11.8 Å². The van der Waals surface area contributed by atoms with E-state index in [1.807, 2.05) is 16.7 Å². The zero-order valence-electron chi connectivity index (χ0n) is 15.4. The molecule has 0 radical (unpaired) electrons. The molecule has 0 bridgehead atoms. The fraction of sp³-hybridized carbons (Fsp3) is 0.550. The van der Waals surface area contributed by atoms with Crippen LogP contribution in [0.3, 0.4) is 0 Å². The van der Waals surface area contributed by atoms with Crippen LogP contribution in [0.2, 0.25) is 5.02 Å². The second kappa shape index (κ2) is 7.28. The lowest BCUT2D eigenvalue weighted by atomic mass is 9.82. The number of nitrogens with zero attached hydrogens (tertiary/aromatic N) is 1. The molecule has 2 aromatic heterocycles. The van der Waals surface area contributed by atoms with Gasteiger partial charge < -0.3 is 19.6 Å². The number of aliphatic hydroxyl groups is 1. The highest BCUT2D eigenvalue weighted by molar-refractivity contribution is 6.34. The van der Waals surface area contributed by atoms with Crippen LogP contribution in [0.4, 0.5) is 8.78 Å². The van der Waals surface area contributed by atoms with Gasteiger partial charge in [-0.2, -0.15) is 0 Å². The van der Waals surface area contributed by atoms with Crippen molar-refractivity contribution < 1.29 is 23.4 Å². The van der Waals surface area contributed by atoms with Gasteiger partial charge in [0.15, 0.2) is 0 Å². The van der Waals surface area contributed by atoms with Crippen LogP contribution in [0.5, 0.6) is 0 Å². The number of hydrogen-bond acceptors (Lipinski definition) is 3. The molecule has 2 aromatic rings. The van der Waals surface area contributed by atoms with Crippen LogP contribution >= 0.6 is 11.6 Å². The quantitative estimate of drug-likeness (QED) is 0.803. The van der Waals surface area contributed by atoms with Crippen LogP contribution in [0, 0.1) is 0 Å². The number of aromatic nitrogens is 1. The number of rotatable bonds is 4. The normalized spacial score (nSPS) is 27.2. The molecule has 1 aliphatic heterocycles. The predicted octanol–water partition coefficient (Wildman–Crippen LogP) is 3.77. The Balaban J connectivity index is 1.59. The first-order chi connectivity index (χ1) is 13.3. The van der Waals surface area contributed by atoms with Crippen molar-refractivity contribution in [3.05, 3.63) is 40.7 Å². The third kappa shape index (κ3) is 3.75. The molecular formula is C20H23ClF2N2O3. The Morgan fingerprint density at radius 2 is 2.25 bits per heavy atom. The topological polar surface area (TPSA) is 63.0 Å². The van der Waals surface area contributed by atoms with Gasteiger partial charge in [0.2, 0.25) is 0 Å². The highest BCUT2D eigenvalue weighted by atomic mass is 35.5. The van der Waals surface area contributed by atoms with Crippen molar-refractivity contribution in [2.45, 2.75) is 49.5 Å². The van der Waals surface area contributed by atoms with Gasteiger partial charge >= 0.3 is 0 Å². The first-order valence-electron chi connectivity index (χ1n) is 9.54. The van der Waals surface area contributed by atoms with Crippen molar-refractivity contribution in [1.82, 2.24) is 9.72 Å². The Bertz CT molecular complexity index is 895. The summed E-state index contributed by atoms with van der Waals surface area (Å²) in [5.74, 6) is -3.17. The van der Waals surface area contributed by atoms with Crippen molar-refractivity contribution in [2.75, 3.05) is 19.8 Å². The van der Waals surface area contributed by atoms with Gasteiger partial charge in [-0.05, 0) is 37.5 Å². The van der Waals surface area contributed by atoms with Crippen LogP contribution in [-0.4, -0.2) is 46.7 Å². The number of pyridine rings is 1. The molecule has 2 unspecified atom stereocenters. The minimum atomic E-state index is -2.90. The SMILES string of the molecule is O=C(NCC1(O)CCCC(F)(F)C1)c1cc(C2CCOC2)n2cccc(Cl)c12. The monoisotopic (exact) mass is 412 g/mol. The molecule has 0 aromatic carbocycles. The maximum atomic E-state index is 13.7. The second-order valence-electron chi connectivity index (χ2n) is 7.91. The molecule has 1 aliphatic carbocycles. The van der Waals surface area contributed by atoms with E-state index >= 15 is 0 Å². The Kier molecular flexibility index (Phi) is 5.10. The van der Waals surface area contributed by atoms with Gasteiger partial charge in [0.05, 0.1) is 28.3 Å². The summed E-state index contributed by atoms with van der Waals surface area (Å²) in [5.41, 5.74) is 0.282. The molecule has 2 aliphatic rings. The maximum Gasteiger partial charge on any atom is 0.253 e. The summed E-state index contributed by atoms with van der Waals surface area (Å²) in [4.78, 5) is 12.9. The van der Waals surface area contributed by atoms with E-state index in [0.717, 1.165) is 12.1 Å². The molecule has 2 fully saturated rings. The molecule has 3 heterocycles. The van der Waals surface area contributed by atoms with Crippen LogP contribution < -0.4 is 5.32 Å².